The predicted octanol–water partition coefficient (Wildman–Crippen LogP) is 4.10. The highest BCUT2D eigenvalue weighted by molar-refractivity contribution is 9.10. The number of fused-ring (bicyclic) bond motifs is 2. The zero-order valence-corrected chi connectivity index (χ0v) is 13.6. The SMILES string of the molecule is CC(c1ccc(Br)cc1Cl)N1C2CCC1C(C(=O)O)C2. The van der Waals surface area contributed by atoms with Crippen LogP contribution in [0.2, 0.25) is 5.02 Å². The molecule has 4 unspecified atom stereocenters. The molecule has 2 aliphatic rings. The summed E-state index contributed by atoms with van der Waals surface area (Å²) in [5.74, 6) is -0.873. The quantitative estimate of drug-likeness (QED) is 0.884. The average Bonchev–Trinajstić information content (AvgIpc) is 2.95. The summed E-state index contributed by atoms with van der Waals surface area (Å²) in [7, 11) is 0. The minimum absolute atomic E-state index is 0.159. The molecule has 1 N–H and O–H groups in total. The molecular weight excluding hydrogens is 342 g/mol. The summed E-state index contributed by atoms with van der Waals surface area (Å²) in [6.45, 7) is 2.13. The number of carbonyl (C=O) groups is 1. The molecule has 4 atom stereocenters. The molecular formula is C15H17BrClNO2. The van der Waals surface area contributed by atoms with Gasteiger partial charge in [-0.15, -0.1) is 0 Å². The lowest BCUT2D eigenvalue weighted by atomic mass is 9.89. The van der Waals surface area contributed by atoms with Gasteiger partial charge in [-0.2, -0.15) is 0 Å². The van der Waals surface area contributed by atoms with Crippen molar-refractivity contribution in [2.24, 2.45) is 5.92 Å². The molecule has 1 aromatic rings. The van der Waals surface area contributed by atoms with Gasteiger partial charge >= 0.3 is 5.97 Å². The van der Waals surface area contributed by atoms with Crippen molar-refractivity contribution in [2.75, 3.05) is 0 Å². The largest absolute Gasteiger partial charge is 0.481 e. The van der Waals surface area contributed by atoms with Crippen molar-refractivity contribution in [3.63, 3.8) is 0 Å². The third-order valence-electron chi connectivity index (χ3n) is 4.77. The van der Waals surface area contributed by atoms with Crippen molar-refractivity contribution in [1.29, 1.82) is 0 Å². The first kappa shape index (κ1) is 14.4. The van der Waals surface area contributed by atoms with Crippen molar-refractivity contribution in [3.8, 4) is 0 Å². The van der Waals surface area contributed by atoms with Gasteiger partial charge in [-0.1, -0.05) is 33.6 Å². The number of rotatable bonds is 3. The molecule has 0 aliphatic carbocycles. The van der Waals surface area contributed by atoms with Gasteiger partial charge in [-0.05, 0) is 43.9 Å². The second-order valence-electron chi connectivity index (χ2n) is 5.77. The topological polar surface area (TPSA) is 40.5 Å². The third kappa shape index (κ3) is 2.28. The summed E-state index contributed by atoms with van der Waals surface area (Å²) in [5.41, 5.74) is 1.08. The van der Waals surface area contributed by atoms with Gasteiger partial charge in [0, 0.05) is 27.6 Å². The first-order chi connectivity index (χ1) is 9.49. The van der Waals surface area contributed by atoms with Gasteiger partial charge in [0.15, 0.2) is 0 Å². The second-order valence-corrected chi connectivity index (χ2v) is 7.09. The van der Waals surface area contributed by atoms with E-state index in [0.717, 1.165) is 34.3 Å². The van der Waals surface area contributed by atoms with E-state index in [0.29, 0.717) is 6.04 Å². The van der Waals surface area contributed by atoms with Gasteiger partial charge in [0.2, 0.25) is 0 Å². The fourth-order valence-corrected chi connectivity index (χ4v) is 4.73. The number of hydrogen-bond acceptors (Lipinski definition) is 2. The summed E-state index contributed by atoms with van der Waals surface area (Å²) in [5, 5.41) is 10.1. The lowest BCUT2D eigenvalue weighted by Gasteiger charge is -2.30. The van der Waals surface area contributed by atoms with Crippen LogP contribution in [0.4, 0.5) is 0 Å². The van der Waals surface area contributed by atoms with E-state index in [9.17, 15) is 9.90 Å². The molecule has 0 spiro atoms. The molecule has 108 valence electrons. The summed E-state index contributed by atoms with van der Waals surface area (Å²) in [6.07, 6.45) is 2.87. The Balaban J connectivity index is 1.88. The standard InChI is InChI=1S/C15H17BrClNO2/c1-8(11-4-2-9(16)6-13(11)17)18-10-3-5-14(18)12(7-10)15(19)20/h2,4,6,8,10,12,14H,3,5,7H2,1H3,(H,19,20). The van der Waals surface area contributed by atoms with Crippen LogP contribution in [0.15, 0.2) is 22.7 Å². The van der Waals surface area contributed by atoms with Crippen LogP contribution in [0.5, 0.6) is 0 Å². The zero-order valence-electron chi connectivity index (χ0n) is 11.2. The van der Waals surface area contributed by atoms with E-state index in [-0.39, 0.29) is 18.0 Å². The lowest BCUT2D eigenvalue weighted by molar-refractivity contribution is -0.142. The number of carboxylic acids is 1. The van der Waals surface area contributed by atoms with Crippen LogP contribution < -0.4 is 0 Å². The Morgan fingerprint density at radius 1 is 1.50 bits per heavy atom. The van der Waals surface area contributed by atoms with Gasteiger partial charge in [0.25, 0.3) is 0 Å². The fourth-order valence-electron chi connectivity index (χ4n) is 3.90. The number of nitrogens with zero attached hydrogens (tertiary/aromatic N) is 1. The molecule has 2 heterocycles. The Kier molecular flexibility index (Phi) is 3.82. The summed E-state index contributed by atoms with van der Waals surface area (Å²) >= 11 is 9.76. The minimum Gasteiger partial charge on any atom is -0.481 e. The first-order valence-corrected chi connectivity index (χ1v) is 8.11. The summed E-state index contributed by atoms with van der Waals surface area (Å²) < 4.78 is 0.964. The molecule has 2 bridgehead atoms. The highest BCUT2D eigenvalue weighted by atomic mass is 79.9. The molecule has 3 nitrogen and oxygen atoms in total. The number of halogens is 2. The van der Waals surface area contributed by atoms with Gasteiger partial charge in [-0.25, -0.2) is 0 Å². The van der Waals surface area contributed by atoms with Crippen molar-refractivity contribution < 1.29 is 9.90 Å². The van der Waals surface area contributed by atoms with E-state index in [1.807, 2.05) is 18.2 Å². The van der Waals surface area contributed by atoms with E-state index < -0.39 is 5.97 Å². The molecule has 20 heavy (non-hydrogen) atoms. The maximum atomic E-state index is 11.3. The maximum absolute atomic E-state index is 11.3. The maximum Gasteiger partial charge on any atom is 0.308 e. The van der Waals surface area contributed by atoms with E-state index in [1.54, 1.807) is 0 Å². The van der Waals surface area contributed by atoms with Gasteiger partial charge < -0.3 is 5.11 Å². The molecule has 2 fully saturated rings. The minimum atomic E-state index is -0.656. The van der Waals surface area contributed by atoms with Crippen LogP contribution in [0.25, 0.3) is 0 Å². The summed E-state index contributed by atoms with van der Waals surface area (Å²) in [6, 6.07) is 6.63. The van der Waals surface area contributed by atoms with E-state index >= 15 is 0 Å². The van der Waals surface area contributed by atoms with Crippen molar-refractivity contribution in [3.05, 3.63) is 33.3 Å². The fraction of sp³-hybridized carbons (Fsp3) is 0.533. The van der Waals surface area contributed by atoms with E-state index in [4.69, 9.17) is 11.6 Å². The molecule has 5 heteroatoms. The Labute approximate surface area is 132 Å². The Bertz CT molecular complexity index is 551. The Morgan fingerprint density at radius 2 is 2.25 bits per heavy atom. The van der Waals surface area contributed by atoms with Crippen molar-refractivity contribution >= 4 is 33.5 Å². The second kappa shape index (κ2) is 5.32. The van der Waals surface area contributed by atoms with Gasteiger partial charge in [0.05, 0.1) is 5.92 Å². The molecule has 2 aliphatic heterocycles. The average molecular weight is 359 g/mol. The normalized spacial score (nSPS) is 30.6. The van der Waals surface area contributed by atoms with Gasteiger partial charge in [0.1, 0.15) is 0 Å². The van der Waals surface area contributed by atoms with Gasteiger partial charge in [-0.3, -0.25) is 9.69 Å². The zero-order chi connectivity index (χ0) is 14.4. The van der Waals surface area contributed by atoms with Crippen LogP contribution in [-0.4, -0.2) is 28.1 Å². The van der Waals surface area contributed by atoms with E-state index in [1.165, 1.54) is 0 Å². The highest BCUT2D eigenvalue weighted by Gasteiger charge is 2.51. The number of hydrogen-bond donors (Lipinski definition) is 1. The Hall–Kier alpha value is -0.580. The van der Waals surface area contributed by atoms with Crippen LogP contribution in [0.1, 0.15) is 37.8 Å². The van der Waals surface area contributed by atoms with Crippen molar-refractivity contribution in [1.82, 2.24) is 4.90 Å². The van der Waals surface area contributed by atoms with Crippen LogP contribution in [0, 0.1) is 5.92 Å². The number of aliphatic carboxylic acids is 1. The number of carboxylic acid groups (broad SMARTS) is 1. The molecule has 0 saturated carbocycles. The van der Waals surface area contributed by atoms with Crippen LogP contribution >= 0.6 is 27.5 Å². The molecule has 0 radical (unpaired) electrons. The molecule has 3 rings (SSSR count). The third-order valence-corrected chi connectivity index (χ3v) is 5.59. The van der Waals surface area contributed by atoms with Crippen molar-refractivity contribution in [2.45, 2.75) is 44.3 Å². The van der Waals surface area contributed by atoms with Crippen LogP contribution in [0.3, 0.4) is 0 Å². The smallest absolute Gasteiger partial charge is 0.308 e. The summed E-state index contributed by atoms with van der Waals surface area (Å²) in [4.78, 5) is 13.7. The Morgan fingerprint density at radius 3 is 2.85 bits per heavy atom. The van der Waals surface area contributed by atoms with E-state index in [2.05, 4.69) is 27.8 Å². The lowest BCUT2D eigenvalue weighted by Crippen LogP contribution is -2.35. The van der Waals surface area contributed by atoms with Crippen LogP contribution in [-0.2, 0) is 4.79 Å². The number of benzene rings is 1. The first-order valence-electron chi connectivity index (χ1n) is 6.94. The monoisotopic (exact) mass is 357 g/mol. The molecule has 0 aromatic heterocycles. The molecule has 0 amide bonds. The predicted molar refractivity (Wildman–Crippen MR) is 82.0 cm³/mol. The molecule has 2 saturated heterocycles. The molecule has 1 aromatic carbocycles. The highest BCUT2D eigenvalue weighted by Crippen LogP contribution is 2.47.